The van der Waals surface area contributed by atoms with E-state index in [-0.39, 0.29) is 11.8 Å². The van der Waals surface area contributed by atoms with Crippen molar-refractivity contribution in [2.45, 2.75) is 26.7 Å². The Bertz CT molecular complexity index is 736. The first kappa shape index (κ1) is 13.6. The van der Waals surface area contributed by atoms with E-state index in [9.17, 15) is 4.79 Å². The third kappa shape index (κ3) is 2.35. The lowest BCUT2D eigenvalue weighted by molar-refractivity contribution is 0.0709. The molecule has 2 aromatic heterocycles. The summed E-state index contributed by atoms with van der Waals surface area (Å²) in [5, 5.41) is 13.5. The van der Waals surface area contributed by atoms with Gasteiger partial charge >= 0.3 is 0 Å². The molecule has 0 bridgehead atoms. The van der Waals surface area contributed by atoms with Crippen molar-refractivity contribution in [3.63, 3.8) is 0 Å². The van der Waals surface area contributed by atoms with E-state index in [1.165, 1.54) is 0 Å². The summed E-state index contributed by atoms with van der Waals surface area (Å²) in [7, 11) is 0. The van der Waals surface area contributed by atoms with Gasteiger partial charge < -0.3 is 9.42 Å². The second-order valence-corrected chi connectivity index (χ2v) is 5.45. The van der Waals surface area contributed by atoms with Crippen LogP contribution in [0.3, 0.4) is 0 Å². The molecule has 1 aliphatic rings. The molecule has 0 aromatic carbocycles. The van der Waals surface area contributed by atoms with Crippen molar-refractivity contribution in [2.24, 2.45) is 5.92 Å². The zero-order valence-corrected chi connectivity index (χ0v) is 12.1. The first-order valence-electron chi connectivity index (χ1n) is 7.02. The van der Waals surface area contributed by atoms with Crippen LogP contribution in [0.2, 0.25) is 0 Å². The highest BCUT2D eigenvalue weighted by Gasteiger charge is 2.26. The summed E-state index contributed by atoms with van der Waals surface area (Å²) < 4.78 is 5.17. The van der Waals surface area contributed by atoms with Crippen molar-refractivity contribution >= 4 is 17.0 Å². The average molecular weight is 284 g/mol. The number of carbonyl (C=O) groups excluding carboxylic acids is 1. The van der Waals surface area contributed by atoms with Gasteiger partial charge in [-0.3, -0.25) is 4.79 Å². The summed E-state index contributed by atoms with van der Waals surface area (Å²) in [6, 6.07) is 4.06. The molecule has 1 saturated heterocycles. The van der Waals surface area contributed by atoms with E-state index in [1.54, 1.807) is 11.0 Å². The second kappa shape index (κ2) is 5.17. The summed E-state index contributed by atoms with van der Waals surface area (Å²) >= 11 is 0. The molecule has 3 heterocycles. The topological polar surface area (TPSA) is 83.0 Å². The third-order valence-corrected chi connectivity index (χ3v) is 3.94. The number of rotatable bonds is 1. The van der Waals surface area contributed by atoms with Crippen molar-refractivity contribution in [1.82, 2.24) is 15.0 Å². The molecular formula is C15H16N4O2. The predicted octanol–water partition coefficient (Wildman–Crippen LogP) is 2.22. The number of hydrogen-bond acceptors (Lipinski definition) is 5. The number of hydrogen-bond donors (Lipinski definition) is 0. The summed E-state index contributed by atoms with van der Waals surface area (Å²) in [6.45, 7) is 4.87. The second-order valence-electron chi connectivity index (χ2n) is 5.45. The van der Waals surface area contributed by atoms with Crippen LogP contribution in [0.1, 0.15) is 34.6 Å². The quantitative estimate of drug-likeness (QED) is 0.801. The Hall–Kier alpha value is -2.42. The first-order chi connectivity index (χ1) is 10.1. The molecule has 3 rings (SSSR count). The molecule has 0 N–H and O–H groups in total. The minimum atomic E-state index is -0.0341. The smallest absolute Gasteiger partial charge is 0.258 e. The zero-order valence-electron chi connectivity index (χ0n) is 12.1. The highest BCUT2D eigenvalue weighted by atomic mass is 16.5. The number of amides is 1. The van der Waals surface area contributed by atoms with Gasteiger partial charge in [0.1, 0.15) is 0 Å². The van der Waals surface area contributed by atoms with E-state index in [4.69, 9.17) is 9.78 Å². The third-order valence-electron chi connectivity index (χ3n) is 3.94. The molecule has 2 aromatic rings. The number of likely N-dealkylation sites (tertiary alicyclic amines) is 1. The van der Waals surface area contributed by atoms with Crippen LogP contribution >= 0.6 is 0 Å². The molecular weight excluding hydrogens is 268 g/mol. The molecule has 0 atom stereocenters. The minimum Gasteiger partial charge on any atom is -0.339 e. The van der Waals surface area contributed by atoms with Gasteiger partial charge in [0.15, 0.2) is 0 Å². The van der Waals surface area contributed by atoms with E-state index in [2.05, 4.69) is 16.2 Å². The number of nitrogens with zero attached hydrogens (tertiary/aromatic N) is 4. The van der Waals surface area contributed by atoms with Crippen molar-refractivity contribution in [3.8, 4) is 6.07 Å². The fraction of sp³-hybridized carbons (Fsp3) is 0.467. The summed E-state index contributed by atoms with van der Waals surface area (Å²) in [6.07, 6.45) is 1.47. The SMILES string of the molecule is Cc1cc(C(=O)N2CCC(C#N)CC2)c2c(C)noc2n1. The molecule has 0 aliphatic carbocycles. The van der Waals surface area contributed by atoms with Crippen LogP contribution in [0.5, 0.6) is 0 Å². The van der Waals surface area contributed by atoms with Crippen LogP contribution in [-0.2, 0) is 0 Å². The molecule has 0 radical (unpaired) electrons. The van der Waals surface area contributed by atoms with E-state index < -0.39 is 0 Å². The van der Waals surface area contributed by atoms with Gasteiger partial charge in [0.2, 0.25) is 0 Å². The molecule has 108 valence electrons. The Morgan fingerprint density at radius 1 is 1.43 bits per heavy atom. The molecule has 6 nitrogen and oxygen atoms in total. The van der Waals surface area contributed by atoms with Crippen LogP contribution in [-0.4, -0.2) is 34.0 Å². The van der Waals surface area contributed by atoms with Crippen LogP contribution in [0.15, 0.2) is 10.6 Å². The van der Waals surface area contributed by atoms with Crippen molar-refractivity contribution in [2.75, 3.05) is 13.1 Å². The maximum atomic E-state index is 12.8. The average Bonchev–Trinajstić information content (AvgIpc) is 2.87. The Balaban J connectivity index is 1.95. The highest BCUT2D eigenvalue weighted by Crippen LogP contribution is 2.25. The summed E-state index contributed by atoms with van der Waals surface area (Å²) in [5.41, 5.74) is 2.40. The molecule has 6 heteroatoms. The van der Waals surface area contributed by atoms with E-state index in [0.717, 1.165) is 18.5 Å². The van der Waals surface area contributed by atoms with Gasteiger partial charge in [-0.15, -0.1) is 0 Å². The van der Waals surface area contributed by atoms with Crippen LogP contribution in [0.4, 0.5) is 0 Å². The van der Waals surface area contributed by atoms with Crippen molar-refractivity contribution < 1.29 is 9.32 Å². The number of pyridine rings is 1. The molecule has 0 unspecified atom stereocenters. The Morgan fingerprint density at radius 3 is 2.81 bits per heavy atom. The maximum Gasteiger partial charge on any atom is 0.258 e. The molecule has 1 aliphatic heterocycles. The first-order valence-corrected chi connectivity index (χ1v) is 7.02. The molecule has 1 amide bonds. The van der Waals surface area contributed by atoms with Crippen LogP contribution < -0.4 is 0 Å². The lowest BCUT2D eigenvalue weighted by atomic mass is 9.97. The number of aromatic nitrogens is 2. The molecule has 1 fully saturated rings. The lowest BCUT2D eigenvalue weighted by Gasteiger charge is -2.29. The van der Waals surface area contributed by atoms with Gasteiger partial charge in [0, 0.05) is 24.7 Å². The van der Waals surface area contributed by atoms with Gasteiger partial charge in [-0.05, 0) is 32.8 Å². The monoisotopic (exact) mass is 284 g/mol. The van der Waals surface area contributed by atoms with Crippen LogP contribution in [0.25, 0.3) is 11.1 Å². The summed E-state index contributed by atoms with van der Waals surface area (Å²) in [5.74, 6) is 0.0266. The van der Waals surface area contributed by atoms with E-state index in [0.29, 0.717) is 35.4 Å². The van der Waals surface area contributed by atoms with Crippen molar-refractivity contribution in [1.29, 1.82) is 5.26 Å². The Kier molecular flexibility index (Phi) is 3.34. The number of nitriles is 1. The standard InChI is InChI=1S/C15H16N4O2/c1-9-7-12(13-10(2)18-21-14(13)17-9)15(20)19-5-3-11(8-16)4-6-19/h7,11H,3-6H2,1-2H3. The maximum absolute atomic E-state index is 12.8. The molecule has 21 heavy (non-hydrogen) atoms. The van der Waals surface area contributed by atoms with Gasteiger partial charge in [-0.2, -0.15) is 5.26 Å². The fourth-order valence-electron chi connectivity index (χ4n) is 2.77. The van der Waals surface area contributed by atoms with E-state index in [1.807, 2.05) is 13.8 Å². The summed E-state index contributed by atoms with van der Waals surface area (Å²) in [4.78, 5) is 18.8. The number of piperidine rings is 1. The van der Waals surface area contributed by atoms with Crippen LogP contribution in [0, 0.1) is 31.1 Å². The molecule has 0 saturated carbocycles. The zero-order chi connectivity index (χ0) is 15.0. The van der Waals surface area contributed by atoms with Gasteiger partial charge in [-0.1, -0.05) is 5.16 Å². The number of carbonyl (C=O) groups is 1. The Labute approximate surface area is 122 Å². The minimum absolute atomic E-state index is 0.0341. The van der Waals surface area contributed by atoms with E-state index >= 15 is 0 Å². The number of aryl methyl sites for hydroxylation is 2. The van der Waals surface area contributed by atoms with Gasteiger partial charge in [0.05, 0.1) is 22.7 Å². The predicted molar refractivity (Wildman–Crippen MR) is 75.5 cm³/mol. The van der Waals surface area contributed by atoms with Gasteiger partial charge in [0.25, 0.3) is 11.6 Å². The highest BCUT2D eigenvalue weighted by molar-refractivity contribution is 6.06. The van der Waals surface area contributed by atoms with Gasteiger partial charge in [-0.25, -0.2) is 4.98 Å². The van der Waals surface area contributed by atoms with Crippen molar-refractivity contribution in [3.05, 3.63) is 23.0 Å². The normalized spacial score (nSPS) is 16.1. The largest absolute Gasteiger partial charge is 0.339 e. The lowest BCUT2D eigenvalue weighted by Crippen LogP contribution is -2.38. The Morgan fingerprint density at radius 2 is 2.14 bits per heavy atom. The number of fused-ring (bicyclic) bond motifs is 1. The molecule has 0 spiro atoms. The fourth-order valence-corrected chi connectivity index (χ4v) is 2.77.